The van der Waals surface area contributed by atoms with E-state index >= 15 is 0 Å². The van der Waals surface area contributed by atoms with Crippen LogP contribution < -0.4 is 0 Å². The van der Waals surface area contributed by atoms with Gasteiger partial charge in [-0.05, 0) is 43.8 Å². The average Bonchev–Trinajstić information content (AvgIpc) is 3.20. The quantitative estimate of drug-likeness (QED) is 0.792. The zero-order chi connectivity index (χ0) is 17.0. The summed E-state index contributed by atoms with van der Waals surface area (Å²) in [6.45, 7) is 4.63. The van der Waals surface area contributed by atoms with Crippen molar-refractivity contribution in [2.24, 2.45) is 5.41 Å². The first kappa shape index (κ1) is 17.5. The summed E-state index contributed by atoms with van der Waals surface area (Å²) < 4.78 is 16.6. The number of amides is 1. The molecule has 0 N–H and O–H groups in total. The van der Waals surface area contributed by atoms with E-state index in [2.05, 4.69) is 4.90 Å². The van der Waals surface area contributed by atoms with Gasteiger partial charge in [-0.2, -0.15) is 0 Å². The number of nitrogens with zero attached hydrogens (tertiary/aromatic N) is 2. The highest BCUT2D eigenvalue weighted by Crippen LogP contribution is 2.42. The number of ether oxygens (including phenoxy) is 2. The van der Waals surface area contributed by atoms with E-state index in [4.69, 9.17) is 13.9 Å². The lowest BCUT2D eigenvalue weighted by Crippen LogP contribution is -2.40. The van der Waals surface area contributed by atoms with Gasteiger partial charge in [0.2, 0.25) is 5.91 Å². The largest absolute Gasteiger partial charge is 0.472 e. The standard InChI is InChI=1S/C18H28N2O4/c1-19(2)17(21)13-23-12-16-9-18(14-24-16)4-6-20(7-5-18)10-15-3-8-22-11-15/h3,8,11,16H,4-7,9-10,12-14H2,1-2H3. The van der Waals surface area contributed by atoms with Gasteiger partial charge < -0.3 is 18.8 Å². The van der Waals surface area contributed by atoms with Crippen molar-refractivity contribution >= 4 is 5.91 Å². The van der Waals surface area contributed by atoms with Crippen molar-refractivity contribution < 1.29 is 18.7 Å². The van der Waals surface area contributed by atoms with E-state index in [0.29, 0.717) is 12.0 Å². The molecule has 1 amide bonds. The van der Waals surface area contributed by atoms with Gasteiger partial charge in [0.15, 0.2) is 0 Å². The van der Waals surface area contributed by atoms with E-state index in [1.807, 2.05) is 12.3 Å². The smallest absolute Gasteiger partial charge is 0.248 e. The number of piperidine rings is 1. The third-order valence-electron chi connectivity index (χ3n) is 5.22. The molecule has 1 aromatic heterocycles. The Morgan fingerprint density at radius 1 is 1.42 bits per heavy atom. The van der Waals surface area contributed by atoms with Gasteiger partial charge in [-0.25, -0.2) is 0 Å². The van der Waals surface area contributed by atoms with Crippen LogP contribution in [-0.4, -0.2) is 68.8 Å². The van der Waals surface area contributed by atoms with Crippen LogP contribution in [0.2, 0.25) is 0 Å². The molecule has 3 heterocycles. The molecule has 24 heavy (non-hydrogen) atoms. The topological polar surface area (TPSA) is 55.2 Å². The zero-order valence-electron chi connectivity index (χ0n) is 14.7. The first-order valence-electron chi connectivity index (χ1n) is 8.69. The summed E-state index contributed by atoms with van der Waals surface area (Å²) in [6, 6.07) is 2.03. The summed E-state index contributed by atoms with van der Waals surface area (Å²) in [7, 11) is 3.48. The molecule has 3 rings (SSSR count). The molecular formula is C18H28N2O4. The lowest BCUT2D eigenvalue weighted by molar-refractivity contribution is -0.134. The lowest BCUT2D eigenvalue weighted by Gasteiger charge is -2.38. The fourth-order valence-corrected chi connectivity index (χ4v) is 3.58. The van der Waals surface area contributed by atoms with Crippen molar-refractivity contribution in [1.82, 2.24) is 9.80 Å². The van der Waals surface area contributed by atoms with Crippen molar-refractivity contribution in [3.8, 4) is 0 Å². The van der Waals surface area contributed by atoms with E-state index < -0.39 is 0 Å². The molecule has 6 heteroatoms. The molecule has 2 aliphatic rings. The van der Waals surface area contributed by atoms with E-state index in [0.717, 1.165) is 45.5 Å². The average molecular weight is 336 g/mol. The fourth-order valence-electron chi connectivity index (χ4n) is 3.58. The summed E-state index contributed by atoms with van der Waals surface area (Å²) in [5.41, 5.74) is 1.54. The molecule has 0 aliphatic carbocycles. The molecule has 1 aromatic rings. The minimum atomic E-state index is -0.00438. The highest BCUT2D eigenvalue weighted by atomic mass is 16.5. The first-order valence-corrected chi connectivity index (χ1v) is 8.69. The molecule has 2 saturated heterocycles. The number of hydrogen-bond acceptors (Lipinski definition) is 5. The van der Waals surface area contributed by atoms with Crippen LogP contribution in [0.25, 0.3) is 0 Å². The molecule has 1 spiro atoms. The SMILES string of the molecule is CN(C)C(=O)COCC1CC2(CCN(Cc3ccoc3)CC2)CO1. The predicted octanol–water partition coefficient (Wildman–Crippen LogP) is 1.76. The van der Waals surface area contributed by atoms with Crippen LogP contribution in [0.15, 0.2) is 23.0 Å². The number of carbonyl (C=O) groups excluding carboxylic acids is 1. The molecule has 134 valence electrons. The van der Waals surface area contributed by atoms with Crippen molar-refractivity contribution in [2.45, 2.75) is 31.9 Å². The number of likely N-dealkylation sites (N-methyl/N-ethyl adjacent to an activating group) is 1. The summed E-state index contributed by atoms with van der Waals surface area (Å²) >= 11 is 0. The summed E-state index contributed by atoms with van der Waals surface area (Å²) in [4.78, 5) is 15.6. The maximum absolute atomic E-state index is 11.5. The number of hydrogen-bond donors (Lipinski definition) is 0. The van der Waals surface area contributed by atoms with Gasteiger partial charge in [0.25, 0.3) is 0 Å². The Hall–Kier alpha value is -1.37. The van der Waals surface area contributed by atoms with Crippen molar-refractivity contribution in [2.75, 3.05) is 47.0 Å². The summed E-state index contributed by atoms with van der Waals surface area (Å²) in [6.07, 6.45) is 7.06. The third-order valence-corrected chi connectivity index (χ3v) is 5.22. The molecule has 2 aliphatic heterocycles. The molecule has 0 saturated carbocycles. The van der Waals surface area contributed by atoms with Crippen LogP contribution in [0.1, 0.15) is 24.8 Å². The van der Waals surface area contributed by atoms with E-state index in [9.17, 15) is 4.79 Å². The van der Waals surface area contributed by atoms with E-state index in [-0.39, 0.29) is 18.6 Å². The van der Waals surface area contributed by atoms with Gasteiger partial charge in [0.05, 0.1) is 31.8 Å². The molecule has 2 fully saturated rings. The van der Waals surface area contributed by atoms with Crippen molar-refractivity contribution in [3.63, 3.8) is 0 Å². The second kappa shape index (κ2) is 7.68. The van der Waals surface area contributed by atoms with Crippen LogP contribution in [0.4, 0.5) is 0 Å². The fraction of sp³-hybridized carbons (Fsp3) is 0.722. The molecule has 0 bridgehead atoms. The van der Waals surface area contributed by atoms with Crippen LogP contribution in [-0.2, 0) is 20.8 Å². The molecule has 6 nitrogen and oxygen atoms in total. The Kier molecular flexibility index (Phi) is 5.58. The first-order chi connectivity index (χ1) is 11.6. The zero-order valence-corrected chi connectivity index (χ0v) is 14.7. The number of furan rings is 1. The van der Waals surface area contributed by atoms with Gasteiger partial charge in [-0.3, -0.25) is 9.69 Å². The Morgan fingerprint density at radius 3 is 2.88 bits per heavy atom. The molecular weight excluding hydrogens is 308 g/mol. The minimum Gasteiger partial charge on any atom is -0.472 e. The molecule has 0 aromatic carbocycles. The Morgan fingerprint density at radius 2 is 2.21 bits per heavy atom. The van der Waals surface area contributed by atoms with E-state index in [1.54, 1.807) is 25.3 Å². The minimum absolute atomic E-state index is 0.00438. The maximum Gasteiger partial charge on any atom is 0.248 e. The molecule has 0 radical (unpaired) electrons. The van der Waals surface area contributed by atoms with Crippen LogP contribution in [0.5, 0.6) is 0 Å². The third kappa shape index (κ3) is 4.37. The van der Waals surface area contributed by atoms with Crippen molar-refractivity contribution in [3.05, 3.63) is 24.2 Å². The van der Waals surface area contributed by atoms with E-state index in [1.165, 1.54) is 5.56 Å². The Labute approximate surface area is 143 Å². The van der Waals surface area contributed by atoms with Crippen LogP contribution >= 0.6 is 0 Å². The highest BCUT2D eigenvalue weighted by Gasteiger charge is 2.42. The molecule has 1 unspecified atom stereocenters. The monoisotopic (exact) mass is 336 g/mol. The van der Waals surface area contributed by atoms with Crippen molar-refractivity contribution in [1.29, 1.82) is 0 Å². The maximum atomic E-state index is 11.5. The van der Waals surface area contributed by atoms with Gasteiger partial charge in [-0.1, -0.05) is 0 Å². The summed E-state index contributed by atoms with van der Waals surface area (Å²) in [5.74, 6) is -0.00438. The lowest BCUT2D eigenvalue weighted by atomic mass is 9.76. The normalized spacial score (nSPS) is 23.7. The van der Waals surface area contributed by atoms with Crippen LogP contribution in [0.3, 0.4) is 0 Å². The Bertz CT molecular complexity index is 521. The number of likely N-dealkylation sites (tertiary alicyclic amines) is 1. The van der Waals surface area contributed by atoms with Gasteiger partial charge >= 0.3 is 0 Å². The van der Waals surface area contributed by atoms with Gasteiger partial charge in [0, 0.05) is 26.2 Å². The number of carbonyl (C=O) groups is 1. The highest BCUT2D eigenvalue weighted by molar-refractivity contribution is 5.76. The second-order valence-electron chi connectivity index (χ2n) is 7.35. The number of rotatable bonds is 6. The van der Waals surface area contributed by atoms with Crippen LogP contribution in [0, 0.1) is 5.41 Å². The predicted molar refractivity (Wildman–Crippen MR) is 89.5 cm³/mol. The molecule has 1 atom stereocenters. The van der Waals surface area contributed by atoms with Gasteiger partial charge in [-0.15, -0.1) is 0 Å². The van der Waals surface area contributed by atoms with Gasteiger partial charge in [0.1, 0.15) is 6.61 Å². The Balaban J connectivity index is 1.38. The summed E-state index contributed by atoms with van der Waals surface area (Å²) in [5, 5.41) is 0. The second-order valence-corrected chi connectivity index (χ2v) is 7.35.